The van der Waals surface area contributed by atoms with Gasteiger partial charge in [0.25, 0.3) is 0 Å². The van der Waals surface area contributed by atoms with Crippen molar-refractivity contribution in [1.29, 1.82) is 5.39 Å². The summed E-state index contributed by atoms with van der Waals surface area (Å²) >= 11 is 0. The monoisotopic (exact) mass is 234 g/mol. The van der Waals surface area contributed by atoms with Crippen LogP contribution >= 0.6 is 0 Å². The summed E-state index contributed by atoms with van der Waals surface area (Å²) in [4.78, 5) is 7.26. The van der Waals surface area contributed by atoms with Crippen molar-refractivity contribution in [3.63, 3.8) is 0 Å². The van der Waals surface area contributed by atoms with E-state index in [1.807, 2.05) is 25.3 Å². The Labute approximate surface area is 100.0 Å². The first kappa shape index (κ1) is 12.2. The quantitative estimate of drug-likeness (QED) is 0.672. The molecule has 2 rings (SSSR count). The topological polar surface area (TPSA) is 46.0 Å². The molecule has 1 aromatic carbocycles. The summed E-state index contributed by atoms with van der Waals surface area (Å²) in [6.45, 7) is 2.76. The summed E-state index contributed by atoms with van der Waals surface area (Å²) in [6.07, 6.45) is 3.73. The van der Waals surface area contributed by atoms with Crippen LogP contribution in [0.5, 0.6) is 0 Å². The van der Waals surface area contributed by atoms with E-state index in [2.05, 4.69) is 14.5 Å². The third-order valence-corrected chi connectivity index (χ3v) is 2.33. The summed E-state index contributed by atoms with van der Waals surface area (Å²) in [5, 5.41) is 8.54. The first-order chi connectivity index (χ1) is 7.29. The van der Waals surface area contributed by atoms with Crippen LogP contribution in [0, 0.1) is 12.3 Å². The molecular weight excluding hydrogens is 224 g/mol. The number of halogens is 1. The zero-order chi connectivity index (χ0) is 10.7. The van der Waals surface area contributed by atoms with Crippen molar-refractivity contribution in [2.75, 3.05) is 0 Å². The molecule has 4 nitrogen and oxygen atoms in total. The summed E-state index contributed by atoms with van der Waals surface area (Å²) < 4.78 is 2.06. The second-order valence-electron chi connectivity index (χ2n) is 3.37. The van der Waals surface area contributed by atoms with Crippen LogP contribution in [0.4, 0.5) is 5.69 Å². The summed E-state index contributed by atoms with van der Waals surface area (Å²) in [7, 11) is 0. The van der Waals surface area contributed by atoms with Crippen molar-refractivity contribution in [3.05, 3.63) is 53.0 Å². The van der Waals surface area contributed by atoms with Crippen molar-refractivity contribution in [3.8, 4) is 0 Å². The van der Waals surface area contributed by atoms with Crippen LogP contribution in [0.25, 0.3) is 4.98 Å². The van der Waals surface area contributed by atoms with Crippen LogP contribution in [-0.2, 0) is 6.54 Å². The van der Waals surface area contributed by atoms with E-state index in [-0.39, 0.29) is 12.4 Å². The fourth-order valence-corrected chi connectivity index (χ4v) is 1.44. The molecule has 16 heavy (non-hydrogen) atoms. The van der Waals surface area contributed by atoms with Gasteiger partial charge in [0.2, 0.25) is 5.39 Å². The first-order valence-corrected chi connectivity index (χ1v) is 4.71. The normalized spacial score (nSPS) is 9.25. The number of diazo groups is 1. The SMILES string of the molecule is Cc1nccn1Cc1ccc([N+]#N)cc1.[Cl-]. The highest BCUT2D eigenvalue weighted by Crippen LogP contribution is 2.13. The number of aromatic nitrogens is 2. The Morgan fingerprint density at radius 1 is 1.31 bits per heavy atom. The van der Waals surface area contributed by atoms with Gasteiger partial charge in [-0.3, -0.25) is 0 Å². The van der Waals surface area contributed by atoms with Gasteiger partial charge in [0.15, 0.2) is 4.98 Å². The van der Waals surface area contributed by atoms with E-state index in [0.29, 0.717) is 5.69 Å². The number of nitrogens with zero attached hydrogens (tertiary/aromatic N) is 4. The van der Waals surface area contributed by atoms with Gasteiger partial charge in [0, 0.05) is 31.1 Å². The van der Waals surface area contributed by atoms with Gasteiger partial charge in [-0.25, -0.2) is 4.98 Å². The molecule has 0 amide bonds. The average Bonchev–Trinajstić information content (AvgIpc) is 2.66. The summed E-state index contributed by atoms with van der Waals surface area (Å²) in [5.74, 6) is 0.992. The van der Waals surface area contributed by atoms with E-state index < -0.39 is 0 Å². The maximum absolute atomic E-state index is 8.54. The fraction of sp³-hybridized carbons (Fsp3) is 0.182. The highest BCUT2D eigenvalue weighted by molar-refractivity contribution is 5.44. The molecule has 0 atom stereocenters. The van der Waals surface area contributed by atoms with Gasteiger partial charge in [-0.15, -0.1) is 0 Å². The first-order valence-electron chi connectivity index (χ1n) is 4.71. The third-order valence-electron chi connectivity index (χ3n) is 2.33. The van der Waals surface area contributed by atoms with E-state index >= 15 is 0 Å². The number of hydrogen-bond donors (Lipinski definition) is 0. The van der Waals surface area contributed by atoms with Crippen LogP contribution in [0.2, 0.25) is 0 Å². The predicted octanol–water partition coefficient (Wildman–Crippen LogP) is -0.272. The average molecular weight is 235 g/mol. The fourth-order valence-electron chi connectivity index (χ4n) is 1.44. The highest BCUT2D eigenvalue weighted by Gasteiger charge is 2.03. The van der Waals surface area contributed by atoms with Crippen molar-refractivity contribution in [2.45, 2.75) is 13.5 Å². The van der Waals surface area contributed by atoms with Crippen LogP contribution in [-0.4, -0.2) is 9.55 Å². The van der Waals surface area contributed by atoms with Crippen LogP contribution < -0.4 is 12.4 Å². The second-order valence-corrected chi connectivity index (χ2v) is 3.37. The molecule has 0 radical (unpaired) electrons. The van der Waals surface area contributed by atoms with E-state index in [0.717, 1.165) is 17.9 Å². The minimum atomic E-state index is 0. The number of aryl methyl sites for hydroxylation is 1. The van der Waals surface area contributed by atoms with Gasteiger partial charge in [0.05, 0.1) is 0 Å². The molecular formula is C11H11ClN4. The lowest BCUT2D eigenvalue weighted by Gasteiger charge is -2.03. The predicted molar refractivity (Wildman–Crippen MR) is 57.3 cm³/mol. The largest absolute Gasteiger partial charge is 1.00 e. The number of imidazole rings is 1. The van der Waals surface area contributed by atoms with Crippen LogP contribution in [0.1, 0.15) is 11.4 Å². The molecule has 0 spiro atoms. The Balaban J connectivity index is 0.00000128. The Bertz CT molecular complexity index is 495. The van der Waals surface area contributed by atoms with E-state index in [4.69, 9.17) is 5.39 Å². The molecule has 0 aliphatic rings. The number of benzene rings is 1. The molecule has 0 saturated carbocycles. The Morgan fingerprint density at radius 3 is 2.50 bits per heavy atom. The number of rotatable bonds is 2. The molecule has 0 N–H and O–H groups in total. The minimum absolute atomic E-state index is 0. The molecule has 0 unspecified atom stereocenters. The maximum atomic E-state index is 8.54. The van der Waals surface area contributed by atoms with Crippen molar-refractivity contribution < 1.29 is 12.4 Å². The van der Waals surface area contributed by atoms with E-state index in [1.54, 1.807) is 18.3 Å². The Kier molecular flexibility index (Phi) is 4.03. The molecule has 2 aromatic rings. The lowest BCUT2D eigenvalue weighted by atomic mass is 10.2. The molecule has 0 saturated heterocycles. The van der Waals surface area contributed by atoms with Gasteiger partial charge < -0.3 is 17.0 Å². The van der Waals surface area contributed by atoms with Gasteiger partial charge in [0.1, 0.15) is 5.82 Å². The smallest absolute Gasteiger partial charge is 0.385 e. The summed E-state index contributed by atoms with van der Waals surface area (Å²) in [6, 6.07) is 7.44. The molecule has 0 fully saturated rings. The standard InChI is InChI=1S/C11H11N4.ClH/c1-9-13-6-7-15(9)8-10-2-4-11(14-12)5-3-10;/h2-7H,8H2,1H3;1H/q+1;/p-1. The summed E-state index contributed by atoms with van der Waals surface area (Å²) in [5.41, 5.74) is 1.73. The Morgan fingerprint density at radius 2 is 2.00 bits per heavy atom. The van der Waals surface area contributed by atoms with Crippen molar-refractivity contribution >= 4 is 5.69 Å². The van der Waals surface area contributed by atoms with Gasteiger partial charge in [-0.05, 0) is 24.6 Å². The lowest BCUT2D eigenvalue weighted by Crippen LogP contribution is -3.00. The zero-order valence-electron chi connectivity index (χ0n) is 8.84. The van der Waals surface area contributed by atoms with E-state index in [1.165, 1.54) is 0 Å². The highest BCUT2D eigenvalue weighted by atomic mass is 35.5. The number of hydrogen-bond acceptors (Lipinski definition) is 2. The van der Waals surface area contributed by atoms with Crippen molar-refractivity contribution in [2.24, 2.45) is 0 Å². The third kappa shape index (κ3) is 2.59. The second kappa shape index (κ2) is 5.29. The molecule has 0 aliphatic carbocycles. The maximum Gasteiger partial charge on any atom is 0.385 e. The van der Waals surface area contributed by atoms with Gasteiger partial charge in [-0.2, -0.15) is 0 Å². The molecule has 0 aliphatic heterocycles. The zero-order valence-corrected chi connectivity index (χ0v) is 9.59. The van der Waals surface area contributed by atoms with Crippen molar-refractivity contribution in [1.82, 2.24) is 9.55 Å². The van der Waals surface area contributed by atoms with Crippen LogP contribution in [0.3, 0.4) is 0 Å². The molecule has 0 bridgehead atoms. The van der Waals surface area contributed by atoms with Gasteiger partial charge >= 0.3 is 5.69 Å². The Hall–Kier alpha value is -1.86. The van der Waals surface area contributed by atoms with Crippen LogP contribution in [0.15, 0.2) is 36.7 Å². The molecule has 82 valence electrons. The molecule has 5 heteroatoms. The lowest BCUT2D eigenvalue weighted by molar-refractivity contribution is -0.00000346. The van der Waals surface area contributed by atoms with E-state index in [9.17, 15) is 0 Å². The minimum Gasteiger partial charge on any atom is -1.00 e. The van der Waals surface area contributed by atoms with Gasteiger partial charge in [-0.1, -0.05) is 0 Å². The molecule has 1 aromatic heterocycles. The molecule has 1 heterocycles.